The van der Waals surface area contributed by atoms with Crippen LogP contribution in [0.3, 0.4) is 0 Å². The van der Waals surface area contributed by atoms with Crippen molar-refractivity contribution in [3.63, 3.8) is 0 Å². The second-order valence-electron chi connectivity index (χ2n) is 3.95. The number of hydrogen-bond donors (Lipinski definition) is 1. The normalized spacial score (nSPS) is 10.6. The maximum atomic E-state index is 11.9. The van der Waals surface area contributed by atoms with Crippen LogP contribution in [0.5, 0.6) is 0 Å². The lowest BCUT2D eigenvalue weighted by atomic mass is 10.1. The summed E-state index contributed by atoms with van der Waals surface area (Å²) in [4.78, 5) is 18.4. The van der Waals surface area contributed by atoms with E-state index < -0.39 is 0 Å². The van der Waals surface area contributed by atoms with Gasteiger partial charge in [-0.3, -0.25) is 4.79 Å². The quantitative estimate of drug-likeness (QED) is 0.810. The minimum Gasteiger partial charge on any atom is -0.352 e. The molecular formula is C12H19N3OS. The van der Waals surface area contributed by atoms with Crippen LogP contribution < -0.4 is 5.32 Å². The van der Waals surface area contributed by atoms with Gasteiger partial charge < -0.3 is 10.2 Å². The zero-order chi connectivity index (χ0) is 12.8. The van der Waals surface area contributed by atoms with Gasteiger partial charge in [0.05, 0.1) is 16.3 Å². The second-order valence-corrected chi connectivity index (χ2v) is 4.77. The van der Waals surface area contributed by atoms with Crippen LogP contribution in [0.1, 0.15) is 23.0 Å². The molecule has 0 bridgehead atoms. The monoisotopic (exact) mass is 253 g/mol. The fraction of sp³-hybridized carbons (Fsp3) is 0.500. The third-order valence-corrected chi connectivity index (χ3v) is 2.85. The highest BCUT2D eigenvalue weighted by atomic mass is 32.2. The topological polar surface area (TPSA) is 45.2 Å². The van der Waals surface area contributed by atoms with Crippen LogP contribution in [0.4, 0.5) is 0 Å². The first-order valence-electron chi connectivity index (χ1n) is 5.55. The zero-order valence-corrected chi connectivity index (χ0v) is 11.6. The molecule has 94 valence electrons. The van der Waals surface area contributed by atoms with Crippen LogP contribution in [0.15, 0.2) is 17.2 Å². The van der Waals surface area contributed by atoms with E-state index in [9.17, 15) is 4.79 Å². The van der Waals surface area contributed by atoms with Crippen LogP contribution in [0.25, 0.3) is 0 Å². The number of hydrogen-bond acceptors (Lipinski definition) is 4. The van der Waals surface area contributed by atoms with Gasteiger partial charge in [-0.2, -0.15) is 0 Å². The minimum atomic E-state index is -0.0514. The van der Waals surface area contributed by atoms with Crippen molar-refractivity contribution in [1.82, 2.24) is 15.2 Å². The molecular weight excluding hydrogens is 234 g/mol. The van der Waals surface area contributed by atoms with E-state index in [1.165, 1.54) is 0 Å². The molecule has 0 atom stereocenters. The van der Waals surface area contributed by atoms with Gasteiger partial charge in [-0.25, -0.2) is 4.98 Å². The molecule has 17 heavy (non-hydrogen) atoms. The summed E-state index contributed by atoms with van der Waals surface area (Å²) in [6.45, 7) is 3.21. The van der Waals surface area contributed by atoms with E-state index in [0.29, 0.717) is 18.7 Å². The number of nitrogens with zero attached hydrogens (tertiary/aromatic N) is 2. The fourth-order valence-corrected chi connectivity index (χ4v) is 1.88. The molecule has 1 aromatic rings. The van der Waals surface area contributed by atoms with Crippen LogP contribution in [0.2, 0.25) is 0 Å². The summed E-state index contributed by atoms with van der Waals surface area (Å²) in [5, 5.41) is 3.75. The number of carbonyl (C=O) groups is 1. The summed E-state index contributed by atoms with van der Waals surface area (Å²) in [5.41, 5.74) is 1.49. The van der Waals surface area contributed by atoms with Crippen molar-refractivity contribution in [3.8, 4) is 0 Å². The van der Waals surface area contributed by atoms with Gasteiger partial charge in [0.15, 0.2) is 0 Å². The summed E-state index contributed by atoms with van der Waals surface area (Å²) in [5.74, 6) is -0.0514. The van der Waals surface area contributed by atoms with Crippen LogP contribution in [-0.2, 0) is 6.54 Å². The Morgan fingerprint density at radius 1 is 1.47 bits per heavy atom. The molecule has 0 radical (unpaired) electrons. The van der Waals surface area contributed by atoms with Crippen molar-refractivity contribution >= 4 is 17.7 Å². The molecule has 0 aliphatic rings. The average Bonchev–Trinajstić information content (AvgIpc) is 2.28. The predicted molar refractivity (Wildman–Crippen MR) is 71.4 cm³/mol. The molecule has 1 aromatic heterocycles. The van der Waals surface area contributed by atoms with E-state index in [2.05, 4.69) is 10.3 Å². The van der Waals surface area contributed by atoms with Crippen molar-refractivity contribution in [2.75, 3.05) is 26.9 Å². The highest BCUT2D eigenvalue weighted by molar-refractivity contribution is 7.98. The van der Waals surface area contributed by atoms with Crippen molar-refractivity contribution in [3.05, 3.63) is 23.4 Å². The Bertz CT molecular complexity index is 393. The molecule has 0 saturated heterocycles. The molecule has 5 heteroatoms. The first-order chi connectivity index (χ1) is 8.08. The first-order valence-corrected chi connectivity index (χ1v) is 6.77. The van der Waals surface area contributed by atoms with Crippen LogP contribution >= 0.6 is 11.8 Å². The number of amides is 1. The molecule has 0 saturated carbocycles. The number of aromatic nitrogens is 1. The van der Waals surface area contributed by atoms with Gasteiger partial charge in [0.1, 0.15) is 0 Å². The van der Waals surface area contributed by atoms with Gasteiger partial charge in [-0.05, 0) is 39.4 Å². The lowest BCUT2D eigenvalue weighted by molar-refractivity contribution is 0.0953. The molecule has 0 unspecified atom stereocenters. The number of thioether (sulfide) groups is 1. The van der Waals surface area contributed by atoms with Crippen LogP contribution in [0, 0.1) is 0 Å². The number of rotatable bonds is 5. The van der Waals surface area contributed by atoms with Gasteiger partial charge in [-0.15, -0.1) is 11.8 Å². The molecule has 1 N–H and O–H groups in total. The highest BCUT2D eigenvalue weighted by Crippen LogP contribution is 2.16. The van der Waals surface area contributed by atoms with E-state index in [1.54, 1.807) is 11.8 Å². The van der Waals surface area contributed by atoms with Crippen LogP contribution in [-0.4, -0.2) is 42.7 Å². The van der Waals surface area contributed by atoms with E-state index in [4.69, 9.17) is 0 Å². The molecule has 1 rings (SSSR count). The fourth-order valence-electron chi connectivity index (χ4n) is 1.48. The van der Waals surface area contributed by atoms with Gasteiger partial charge in [0.25, 0.3) is 5.91 Å². The zero-order valence-electron chi connectivity index (χ0n) is 10.8. The number of pyridine rings is 1. The Hall–Kier alpha value is -1.07. The van der Waals surface area contributed by atoms with Gasteiger partial charge in [0.2, 0.25) is 0 Å². The lowest BCUT2D eigenvalue weighted by Crippen LogP contribution is -2.26. The van der Waals surface area contributed by atoms with E-state index in [1.807, 2.05) is 44.3 Å². The molecule has 0 aliphatic heterocycles. The van der Waals surface area contributed by atoms with E-state index in [-0.39, 0.29) is 5.91 Å². The number of nitrogens with one attached hydrogen (secondary N) is 1. The molecule has 0 fully saturated rings. The third-order valence-electron chi connectivity index (χ3n) is 2.21. The van der Waals surface area contributed by atoms with Gasteiger partial charge >= 0.3 is 0 Å². The smallest absolute Gasteiger partial charge is 0.253 e. The Morgan fingerprint density at radius 2 is 2.18 bits per heavy atom. The Kier molecular flexibility index (Phi) is 5.44. The molecule has 0 spiro atoms. The van der Waals surface area contributed by atoms with Crippen molar-refractivity contribution in [2.24, 2.45) is 0 Å². The summed E-state index contributed by atoms with van der Waals surface area (Å²) in [6.07, 6.45) is 1.98. The summed E-state index contributed by atoms with van der Waals surface area (Å²) in [6, 6.07) is 3.73. The maximum Gasteiger partial charge on any atom is 0.253 e. The first kappa shape index (κ1) is 14.0. The summed E-state index contributed by atoms with van der Waals surface area (Å²) >= 11 is 1.58. The maximum absolute atomic E-state index is 11.9. The van der Waals surface area contributed by atoms with Gasteiger partial charge in [-0.1, -0.05) is 0 Å². The SMILES string of the molecule is CCNC(=O)c1ccc(SC)nc1CN(C)C. The standard InChI is InChI=1S/C12H19N3OS/c1-5-13-12(16)9-6-7-11(17-4)14-10(9)8-15(2)3/h6-7H,5,8H2,1-4H3,(H,13,16). The Morgan fingerprint density at radius 3 is 2.71 bits per heavy atom. The van der Waals surface area contributed by atoms with E-state index >= 15 is 0 Å². The average molecular weight is 253 g/mol. The molecule has 1 heterocycles. The highest BCUT2D eigenvalue weighted by Gasteiger charge is 2.13. The summed E-state index contributed by atoms with van der Waals surface area (Å²) in [7, 11) is 3.93. The van der Waals surface area contributed by atoms with Gasteiger partial charge in [0, 0.05) is 13.1 Å². The van der Waals surface area contributed by atoms with Crippen molar-refractivity contribution in [2.45, 2.75) is 18.5 Å². The molecule has 0 aromatic carbocycles. The molecule has 0 aliphatic carbocycles. The van der Waals surface area contributed by atoms with Crippen molar-refractivity contribution < 1.29 is 4.79 Å². The molecule has 4 nitrogen and oxygen atoms in total. The third kappa shape index (κ3) is 4.02. The Balaban J connectivity index is 3.05. The molecule has 1 amide bonds. The predicted octanol–water partition coefficient (Wildman–Crippen LogP) is 1.61. The minimum absolute atomic E-state index is 0.0514. The van der Waals surface area contributed by atoms with E-state index in [0.717, 1.165) is 10.7 Å². The summed E-state index contributed by atoms with van der Waals surface area (Å²) < 4.78 is 0. The Labute approximate surface area is 107 Å². The van der Waals surface area contributed by atoms with Crippen molar-refractivity contribution in [1.29, 1.82) is 0 Å². The number of carbonyl (C=O) groups excluding carboxylic acids is 1. The second kappa shape index (κ2) is 6.61. The largest absolute Gasteiger partial charge is 0.352 e. The lowest BCUT2D eigenvalue weighted by Gasteiger charge is -2.13.